The van der Waals surface area contributed by atoms with Crippen LogP contribution in [-0.2, 0) is 24.0 Å². The Morgan fingerprint density at radius 2 is 1.83 bits per heavy atom. The zero-order valence-corrected chi connectivity index (χ0v) is 18.9. The second-order valence-corrected chi connectivity index (χ2v) is 9.01. The van der Waals surface area contributed by atoms with Crippen LogP contribution in [-0.4, -0.2) is 18.2 Å². The molecule has 3 rings (SSSR count). The van der Waals surface area contributed by atoms with Gasteiger partial charge < -0.3 is 15.4 Å². The van der Waals surface area contributed by atoms with Crippen LogP contribution in [0.1, 0.15) is 71.8 Å². The number of unbranched alkanes of at least 4 members (excludes halogenated alkanes) is 1. The Bertz CT molecular complexity index is 843. The average Bonchev–Trinajstić information content (AvgIpc) is 3.02. The molecule has 1 aromatic carbocycles. The molecule has 2 N–H and O–H groups in total. The molecule has 1 aromatic heterocycles. The van der Waals surface area contributed by atoms with Gasteiger partial charge in [-0.05, 0) is 74.0 Å². The van der Waals surface area contributed by atoms with E-state index in [2.05, 4.69) is 29.7 Å². The number of aryl methyl sites for hydroxylation is 2. The normalized spacial score (nSPS) is 13.7. The van der Waals surface area contributed by atoms with Crippen molar-refractivity contribution in [1.82, 2.24) is 0 Å². The number of rotatable bonds is 6. The van der Waals surface area contributed by atoms with Crippen molar-refractivity contribution in [3.63, 3.8) is 0 Å². The fourth-order valence-electron chi connectivity index (χ4n) is 3.73. The summed E-state index contributed by atoms with van der Waals surface area (Å²) in [6.45, 7) is 2.20. The number of hydrogen-bond acceptors (Lipinski definition) is 4. The zero-order valence-electron chi connectivity index (χ0n) is 17.3. The lowest BCUT2D eigenvalue weighted by Crippen LogP contribution is -2.20. The summed E-state index contributed by atoms with van der Waals surface area (Å²) in [5, 5.41) is 7.78. The Labute approximate surface area is 183 Å². The molecule has 6 heteroatoms. The highest BCUT2D eigenvalue weighted by atomic mass is 32.1. The second-order valence-electron chi connectivity index (χ2n) is 7.49. The summed E-state index contributed by atoms with van der Waals surface area (Å²) in [6.07, 6.45) is 10.2. The predicted molar refractivity (Wildman–Crippen MR) is 126 cm³/mol. The first kappa shape index (κ1) is 21.8. The fraction of sp³-hybridized carbons (Fsp3) is 0.478. The number of carbonyl (C=O) groups is 1. The Morgan fingerprint density at radius 1 is 1.10 bits per heavy atom. The summed E-state index contributed by atoms with van der Waals surface area (Å²) >= 11 is 7.17. The molecule has 0 radical (unpaired) electrons. The molecule has 4 nitrogen and oxygen atoms in total. The Balaban J connectivity index is 1.73. The minimum Gasteiger partial charge on any atom is -0.465 e. The van der Waals surface area contributed by atoms with E-state index in [1.165, 1.54) is 49.7 Å². The maximum absolute atomic E-state index is 12.5. The van der Waals surface area contributed by atoms with E-state index in [0.717, 1.165) is 41.9 Å². The van der Waals surface area contributed by atoms with Gasteiger partial charge in [-0.1, -0.05) is 38.3 Å². The highest BCUT2D eigenvalue weighted by Crippen LogP contribution is 2.37. The molecule has 29 heavy (non-hydrogen) atoms. The van der Waals surface area contributed by atoms with Crippen molar-refractivity contribution in [1.29, 1.82) is 0 Å². The van der Waals surface area contributed by atoms with Crippen molar-refractivity contribution in [2.45, 2.75) is 64.7 Å². The number of esters is 1. The molecule has 156 valence electrons. The smallest absolute Gasteiger partial charge is 0.341 e. The molecule has 0 fully saturated rings. The number of methoxy groups -OCH3 is 1. The molecule has 0 atom stereocenters. The fourth-order valence-corrected chi connectivity index (χ4v) is 5.29. The molecule has 0 spiro atoms. The van der Waals surface area contributed by atoms with Crippen LogP contribution >= 0.6 is 23.6 Å². The first-order chi connectivity index (χ1) is 14.1. The van der Waals surface area contributed by atoms with Crippen LogP contribution in [0.2, 0.25) is 0 Å². The van der Waals surface area contributed by atoms with E-state index in [1.807, 2.05) is 12.1 Å². The Kier molecular flexibility index (Phi) is 8.07. The number of thiophene rings is 1. The molecule has 1 aliphatic carbocycles. The maximum Gasteiger partial charge on any atom is 0.341 e. The van der Waals surface area contributed by atoms with E-state index in [9.17, 15) is 4.79 Å². The molecule has 0 unspecified atom stereocenters. The lowest BCUT2D eigenvalue weighted by atomic mass is 9.96. The summed E-state index contributed by atoms with van der Waals surface area (Å²) in [5.74, 6) is -0.284. The minimum absolute atomic E-state index is 0.284. The molecule has 1 heterocycles. The minimum atomic E-state index is -0.284. The third kappa shape index (κ3) is 5.80. The lowest BCUT2D eigenvalue weighted by molar-refractivity contribution is 0.0601. The second kappa shape index (κ2) is 10.7. The van der Waals surface area contributed by atoms with Crippen LogP contribution in [0.15, 0.2) is 24.3 Å². The molecule has 1 aliphatic rings. The van der Waals surface area contributed by atoms with E-state index < -0.39 is 0 Å². The number of ether oxygens (including phenoxy) is 1. The van der Waals surface area contributed by atoms with Gasteiger partial charge in [-0.3, -0.25) is 0 Å². The number of nitrogens with one attached hydrogen (secondary N) is 2. The van der Waals surface area contributed by atoms with Crippen molar-refractivity contribution in [2.24, 2.45) is 0 Å². The molecule has 0 aliphatic heterocycles. The molecular formula is C23H30N2O2S2. The third-order valence-electron chi connectivity index (χ3n) is 5.32. The van der Waals surface area contributed by atoms with Gasteiger partial charge in [0.15, 0.2) is 5.11 Å². The number of carbonyl (C=O) groups excluding carboxylic acids is 1. The molecule has 0 saturated carbocycles. The summed E-state index contributed by atoms with van der Waals surface area (Å²) < 4.78 is 5.08. The van der Waals surface area contributed by atoms with E-state index >= 15 is 0 Å². The van der Waals surface area contributed by atoms with Gasteiger partial charge in [-0.2, -0.15) is 0 Å². The summed E-state index contributed by atoms with van der Waals surface area (Å²) in [5.41, 5.74) is 4.08. The molecular weight excluding hydrogens is 400 g/mol. The van der Waals surface area contributed by atoms with Gasteiger partial charge in [0, 0.05) is 10.6 Å². The van der Waals surface area contributed by atoms with Gasteiger partial charge in [0.2, 0.25) is 0 Å². The molecule has 0 bridgehead atoms. The SMILES string of the molecule is CCCCc1ccc(NC(=S)Nc2sc3c(c2C(=O)OC)CCCCCC3)cc1. The largest absolute Gasteiger partial charge is 0.465 e. The van der Waals surface area contributed by atoms with Crippen molar-refractivity contribution in [2.75, 3.05) is 17.7 Å². The van der Waals surface area contributed by atoms with Gasteiger partial charge in [-0.25, -0.2) is 4.79 Å². The van der Waals surface area contributed by atoms with E-state index in [0.29, 0.717) is 10.7 Å². The Hall–Kier alpha value is -1.92. The first-order valence-corrected chi connectivity index (χ1v) is 11.7. The van der Waals surface area contributed by atoms with E-state index in [4.69, 9.17) is 17.0 Å². The first-order valence-electron chi connectivity index (χ1n) is 10.5. The van der Waals surface area contributed by atoms with Crippen LogP contribution in [0.4, 0.5) is 10.7 Å². The summed E-state index contributed by atoms with van der Waals surface area (Å²) in [6, 6.07) is 8.37. The van der Waals surface area contributed by atoms with Gasteiger partial charge in [-0.15, -0.1) is 11.3 Å². The number of anilines is 2. The number of hydrogen-bond donors (Lipinski definition) is 2. The van der Waals surface area contributed by atoms with Crippen molar-refractivity contribution in [3.8, 4) is 0 Å². The maximum atomic E-state index is 12.5. The van der Waals surface area contributed by atoms with Gasteiger partial charge >= 0.3 is 5.97 Å². The van der Waals surface area contributed by atoms with Crippen molar-refractivity contribution in [3.05, 3.63) is 45.8 Å². The summed E-state index contributed by atoms with van der Waals surface area (Å²) in [7, 11) is 1.44. The number of fused-ring (bicyclic) bond motifs is 1. The highest BCUT2D eigenvalue weighted by molar-refractivity contribution is 7.80. The molecule has 0 saturated heterocycles. The highest BCUT2D eigenvalue weighted by Gasteiger charge is 2.25. The standard InChI is InChI=1S/C23H30N2O2S2/c1-3-4-9-16-12-14-17(15-13-16)24-23(28)25-21-20(22(26)27-2)18-10-7-5-6-8-11-19(18)29-21/h12-15H,3-11H2,1-2H3,(H2,24,25,28). The van der Waals surface area contributed by atoms with E-state index in [1.54, 1.807) is 11.3 Å². The van der Waals surface area contributed by atoms with Crippen LogP contribution in [0, 0.1) is 0 Å². The molecule has 2 aromatic rings. The van der Waals surface area contributed by atoms with E-state index in [-0.39, 0.29) is 5.97 Å². The zero-order chi connectivity index (χ0) is 20.6. The monoisotopic (exact) mass is 430 g/mol. The van der Waals surface area contributed by atoms with Crippen LogP contribution < -0.4 is 10.6 Å². The van der Waals surface area contributed by atoms with Crippen LogP contribution in [0.3, 0.4) is 0 Å². The Morgan fingerprint density at radius 3 is 2.52 bits per heavy atom. The summed E-state index contributed by atoms with van der Waals surface area (Å²) in [4.78, 5) is 13.8. The molecule has 0 amide bonds. The topological polar surface area (TPSA) is 50.4 Å². The average molecular weight is 431 g/mol. The number of thiocarbonyl (C=S) groups is 1. The number of benzene rings is 1. The predicted octanol–water partition coefficient (Wildman–Crippen LogP) is 6.35. The van der Waals surface area contributed by atoms with Gasteiger partial charge in [0.05, 0.1) is 12.7 Å². The van der Waals surface area contributed by atoms with Crippen molar-refractivity contribution < 1.29 is 9.53 Å². The quantitative estimate of drug-likeness (QED) is 0.413. The van der Waals surface area contributed by atoms with Gasteiger partial charge in [0.25, 0.3) is 0 Å². The van der Waals surface area contributed by atoms with Crippen LogP contribution in [0.5, 0.6) is 0 Å². The van der Waals surface area contributed by atoms with Crippen molar-refractivity contribution >= 4 is 45.3 Å². The van der Waals surface area contributed by atoms with Gasteiger partial charge in [0.1, 0.15) is 5.00 Å². The van der Waals surface area contributed by atoms with Crippen LogP contribution in [0.25, 0.3) is 0 Å². The third-order valence-corrected chi connectivity index (χ3v) is 6.73. The lowest BCUT2D eigenvalue weighted by Gasteiger charge is -2.12.